The fraction of sp³-hybridized carbons (Fsp3) is 0.286. The molecule has 0 unspecified atom stereocenters. The van der Waals surface area contributed by atoms with Crippen molar-refractivity contribution < 1.29 is 13.2 Å². The molecule has 0 amide bonds. The van der Waals surface area contributed by atoms with E-state index in [4.69, 9.17) is 4.74 Å². The third-order valence-electron chi connectivity index (χ3n) is 4.36. The molecule has 1 N–H and O–H groups in total. The number of nitrogens with one attached hydrogen (secondary N) is 1. The second kappa shape index (κ2) is 7.93. The second-order valence-corrected chi connectivity index (χ2v) is 9.44. The predicted octanol–water partition coefficient (Wildman–Crippen LogP) is 5.24. The smallest absolute Gasteiger partial charge is 0.265 e. The van der Waals surface area contributed by atoms with Crippen LogP contribution in [0.3, 0.4) is 0 Å². The predicted molar refractivity (Wildman–Crippen MR) is 115 cm³/mol. The molecule has 0 atom stereocenters. The van der Waals surface area contributed by atoms with Crippen LogP contribution in [0.15, 0.2) is 40.6 Å². The molecule has 3 aromatic rings. The van der Waals surface area contributed by atoms with Crippen molar-refractivity contribution in [2.24, 2.45) is 0 Å². The van der Waals surface area contributed by atoms with Gasteiger partial charge in [0.15, 0.2) is 0 Å². The summed E-state index contributed by atoms with van der Waals surface area (Å²) in [4.78, 5) is 4.57. The van der Waals surface area contributed by atoms with Gasteiger partial charge in [0.1, 0.15) is 10.6 Å². The van der Waals surface area contributed by atoms with Crippen LogP contribution in [-0.2, 0) is 10.0 Å². The maximum Gasteiger partial charge on any atom is 0.265 e. The summed E-state index contributed by atoms with van der Waals surface area (Å²) in [5.74, 6) is 0.327. The van der Waals surface area contributed by atoms with Crippen LogP contribution >= 0.6 is 11.3 Å². The first-order valence-corrected chi connectivity index (χ1v) is 11.4. The number of aryl methyl sites for hydroxylation is 4. The van der Waals surface area contributed by atoms with E-state index in [1.165, 1.54) is 11.3 Å². The molecular formula is C21H24N2O3S2. The summed E-state index contributed by atoms with van der Waals surface area (Å²) in [5, 5.41) is 2.85. The highest BCUT2D eigenvalue weighted by Crippen LogP contribution is 2.33. The van der Waals surface area contributed by atoms with Crippen molar-refractivity contribution in [2.45, 2.75) is 39.5 Å². The Labute approximate surface area is 170 Å². The maximum absolute atomic E-state index is 13.3. The number of hydrogen-bond acceptors (Lipinski definition) is 5. The minimum absolute atomic E-state index is 0.108. The van der Waals surface area contributed by atoms with E-state index in [1.54, 1.807) is 12.1 Å². The number of benzene rings is 2. The Balaban J connectivity index is 2.09. The molecule has 0 radical (unpaired) electrons. The molecule has 0 aliphatic rings. The summed E-state index contributed by atoms with van der Waals surface area (Å²) in [5.41, 5.74) is 4.95. The Morgan fingerprint density at radius 1 is 1.07 bits per heavy atom. The van der Waals surface area contributed by atoms with Crippen LogP contribution < -0.4 is 9.46 Å². The molecule has 1 heterocycles. The highest BCUT2D eigenvalue weighted by Gasteiger charge is 2.23. The Bertz CT molecular complexity index is 1100. The fourth-order valence-electron chi connectivity index (χ4n) is 3.18. The number of nitrogens with zero attached hydrogens (tertiary/aromatic N) is 1. The SMILES string of the molecule is CCOc1ccc(-c2csc(C)n2)cc1S(=O)(=O)Nc1c(C)cc(C)cc1C. The molecule has 0 bridgehead atoms. The van der Waals surface area contributed by atoms with Crippen molar-refractivity contribution in [3.05, 3.63) is 57.4 Å². The molecule has 0 fully saturated rings. The van der Waals surface area contributed by atoms with Gasteiger partial charge in [-0.25, -0.2) is 13.4 Å². The van der Waals surface area contributed by atoms with Crippen molar-refractivity contribution in [3.8, 4) is 17.0 Å². The van der Waals surface area contributed by atoms with E-state index >= 15 is 0 Å². The standard InChI is InChI=1S/C21H24N2O3S2/c1-6-26-19-8-7-17(18-12-27-16(5)22-18)11-20(19)28(24,25)23-21-14(3)9-13(2)10-15(21)4/h7-12,23H,6H2,1-5H3. The molecule has 0 aliphatic heterocycles. The molecule has 0 aliphatic carbocycles. The van der Waals surface area contributed by atoms with Gasteiger partial charge in [-0.1, -0.05) is 17.7 Å². The van der Waals surface area contributed by atoms with Crippen LogP contribution in [0.25, 0.3) is 11.3 Å². The summed E-state index contributed by atoms with van der Waals surface area (Å²) >= 11 is 1.53. The highest BCUT2D eigenvalue weighted by atomic mass is 32.2. The quantitative estimate of drug-likeness (QED) is 0.596. The number of ether oxygens (including phenoxy) is 1. The Morgan fingerprint density at radius 2 is 1.75 bits per heavy atom. The van der Waals surface area contributed by atoms with Crippen molar-refractivity contribution >= 4 is 27.0 Å². The average molecular weight is 417 g/mol. The van der Waals surface area contributed by atoms with Gasteiger partial charge < -0.3 is 4.74 Å². The van der Waals surface area contributed by atoms with Crippen LogP contribution in [0, 0.1) is 27.7 Å². The van der Waals surface area contributed by atoms with Crippen LogP contribution in [0.2, 0.25) is 0 Å². The molecule has 1 aromatic heterocycles. The van der Waals surface area contributed by atoms with Gasteiger partial charge in [0.25, 0.3) is 10.0 Å². The van der Waals surface area contributed by atoms with Gasteiger partial charge in [0.2, 0.25) is 0 Å². The topological polar surface area (TPSA) is 68.3 Å². The van der Waals surface area contributed by atoms with Gasteiger partial charge in [-0.3, -0.25) is 4.72 Å². The van der Waals surface area contributed by atoms with Crippen molar-refractivity contribution in [2.75, 3.05) is 11.3 Å². The first-order chi connectivity index (χ1) is 13.2. The van der Waals surface area contributed by atoms with Crippen LogP contribution in [0.5, 0.6) is 5.75 Å². The minimum atomic E-state index is -3.85. The zero-order valence-corrected chi connectivity index (χ0v) is 18.3. The number of thiazole rings is 1. The summed E-state index contributed by atoms with van der Waals surface area (Å²) in [6, 6.07) is 9.07. The molecule has 28 heavy (non-hydrogen) atoms. The number of anilines is 1. The van der Waals surface area contributed by atoms with Gasteiger partial charge >= 0.3 is 0 Å². The summed E-state index contributed by atoms with van der Waals surface area (Å²) in [6.45, 7) is 9.91. The summed E-state index contributed by atoms with van der Waals surface area (Å²) < 4.78 is 34.9. The molecule has 0 saturated heterocycles. The summed E-state index contributed by atoms with van der Waals surface area (Å²) in [7, 11) is -3.85. The highest BCUT2D eigenvalue weighted by molar-refractivity contribution is 7.92. The van der Waals surface area contributed by atoms with E-state index in [9.17, 15) is 8.42 Å². The first-order valence-electron chi connectivity index (χ1n) is 9.01. The lowest BCUT2D eigenvalue weighted by atomic mass is 10.1. The monoisotopic (exact) mass is 416 g/mol. The van der Waals surface area contributed by atoms with E-state index in [0.29, 0.717) is 18.0 Å². The summed E-state index contributed by atoms with van der Waals surface area (Å²) in [6.07, 6.45) is 0. The van der Waals surface area contributed by atoms with E-state index < -0.39 is 10.0 Å². The molecule has 5 nitrogen and oxygen atoms in total. The van der Waals surface area contributed by atoms with Crippen LogP contribution in [-0.4, -0.2) is 20.0 Å². The first kappa shape index (κ1) is 20.4. The number of aromatic nitrogens is 1. The van der Waals surface area contributed by atoms with Gasteiger partial charge in [0, 0.05) is 10.9 Å². The Hall–Kier alpha value is -2.38. The molecule has 0 saturated carbocycles. The third kappa shape index (κ3) is 4.20. The largest absolute Gasteiger partial charge is 0.492 e. The third-order valence-corrected chi connectivity index (χ3v) is 6.51. The maximum atomic E-state index is 13.3. The lowest BCUT2D eigenvalue weighted by Gasteiger charge is -2.17. The number of rotatable bonds is 6. The zero-order chi connectivity index (χ0) is 20.5. The Morgan fingerprint density at radius 3 is 2.32 bits per heavy atom. The van der Waals surface area contributed by atoms with Crippen LogP contribution in [0.4, 0.5) is 5.69 Å². The normalized spacial score (nSPS) is 11.5. The molecule has 2 aromatic carbocycles. The number of hydrogen-bond donors (Lipinski definition) is 1. The Kier molecular flexibility index (Phi) is 5.76. The molecule has 0 spiro atoms. The van der Waals surface area contributed by atoms with Gasteiger partial charge in [-0.15, -0.1) is 11.3 Å². The van der Waals surface area contributed by atoms with Crippen molar-refractivity contribution in [1.29, 1.82) is 0 Å². The molecule has 3 rings (SSSR count). The zero-order valence-electron chi connectivity index (χ0n) is 16.7. The second-order valence-electron chi connectivity index (χ2n) is 6.73. The van der Waals surface area contributed by atoms with E-state index in [2.05, 4.69) is 9.71 Å². The fourth-order valence-corrected chi connectivity index (χ4v) is 5.18. The van der Waals surface area contributed by atoms with Crippen LogP contribution in [0.1, 0.15) is 28.6 Å². The molecule has 148 valence electrons. The van der Waals surface area contributed by atoms with E-state index in [-0.39, 0.29) is 4.90 Å². The van der Waals surface area contributed by atoms with E-state index in [0.717, 1.165) is 33.0 Å². The average Bonchev–Trinajstić information content (AvgIpc) is 3.05. The van der Waals surface area contributed by atoms with Gasteiger partial charge in [-0.05, 0) is 63.9 Å². The molecular weight excluding hydrogens is 392 g/mol. The lowest BCUT2D eigenvalue weighted by Crippen LogP contribution is -2.16. The van der Waals surface area contributed by atoms with Crippen molar-refractivity contribution in [3.63, 3.8) is 0 Å². The molecule has 7 heteroatoms. The lowest BCUT2D eigenvalue weighted by molar-refractivity contribution is 0.331. The van der Waals surface area contributed by atoms with Crippen molar-refractivity contribution in [1.82, 2.24) is 4.98 Å². The van der Waals surface area contributed by atoms with Gasteiger partial charge in [-0.2, -0.15) is 0 Å². The van der Waals surface area contributed by atoms with E-state index in [1.807, 2.05) is 58.2 Å². The minimum Gasteiger partial charge on any atom is -0.492 e. The number of sulfonamides is 1. The van der Waals surface area contributed by atoms with Gasteiger partial charge in [0.05, 0.1) is 23.0 Å².